The molecule has 0 spiro atoms. The highest BCUT2D eigenvalue weighted by molar-refractivity contribution is 6.84. The van der Waals surface area contributed by atoms with E-state index in [4.69, 9.17) is 0 Å². The summed E-state index contributed by atoms with van der Waals surface area (Å²) in [5.74, 6) is 9.90. The van der Waals surface area contributed by atoms with E-state index in [0.717, 1.165) is 43.9 Å². The number of hydrogen-bond acceptors (Lipinski definition) is 1. The Hall–Kier alpha value is -1.01. The van der Waals surface area contributed by atoms with E-state index in [1.807, 2.05) is 0 Å². The third kappa shape index (κ3) is 4.38. The van der Waals surface area contributed by atoms with Crippen LogP contribution >= 0.6 is 0 Å². The number of rotatable bonds is 1. The van der Waals surface area contributed by atoms with Crippen LogP contribution in [0.4, 0.5) is 0 Å². The summed E-state index contributed by atoms with van der Waals surface area (Å²) in [6, 6.07) is 0. The third-order valence-electron chi connectivity index (χ3n) is 8.85. The summed E-state index contributed by atoms with van der Waals surface area (Å²) in [6.45, 7) is 16.2. The van der Waals surface area contributed by atoms with Gasteiger partial charge in [0.15, 0.2) is 0 Å². The predicted octanol–water partition coefficient (Wildman–Crippen LogP) is 6.98. The predicted molar refractivity (Wildman–Crippen MR) is 142 cm³/mol. The first-order valence-electron chi connectivity index (χ1n) is 13.1. The van der Waals surface area contributed by atoms with Gasteiger partial charge in [0, 0.05) is 11.0 Å². The summed E-state index contributed by atoms with van der Waals surface area (Å²) in [5.41, 5.74) is 9.30. The summed E-state index contributed by atoms with van der Waals surface area (Å²) < 4.78 is 0. The molecule has 174 valence electrons. The molecule has 4 aliphatic rings. The zero-order chi connectivity index (χ0) is 23.4. The fourth-order valence-electron chi connectivity index (χ4n) is 7.37. The molecule has 0 aromatic rings. The standard InChI is InChI=1S/C29H44OSi2/c1-8-28-16-13-25-24-11-9-22(15-19-31(2,3)4)21-23(24)10-12-26(25)27(28)14-17-29(28,30)18-20-32(5,6)7/h10,21,24-27,30H,8-9,11-14,16-17H2,1-7H3/t24-,25+,26+,27-,28-,29+/m0/s1. The van der Waals surface area contributed by atoms with Crippen molar-refractivity contribution in [2.75, 3.05) is 0 Å². The number of allylic oxidation sites excluding steroid dienone is 4. The number of aliphatic hydroxyl groups is 1. The van der Waals surface area contributed by atoms with E-state index in [0.29, 0.717) is 11.8 Å². The second-order valence-corrected chi connectivity index (χ2v) is 22.6. The zero-order valence-corrected chi connectivity index (χ0v) is 23.6. The molecule has 0 amide bonds. The lowest BCUT2D eigenvalue weighted by atomic mass is 9.50. The SMILES string of the molecule is CC[C@]12CC[C@H]3[C@@H](CC=C4C=C(C#C[Si](C)(C)C)CC[C@@H]43)[C@@H]1CC[C@@]2(O)C#C[Si](C)(C)C. The maximum Gasteiger partial charge on any atom is 0.130 e. The van der Waals surface area contributed by atoms with Crippen LogP contribution < -0.4 is 0 Å². The zero-order valence-electron chi connectivity index (χ0n) is 21.6. The van der Waals surface area contributed by atoms with Crippen LogP contribution in [0, 0.1) is 52.0 Å². The molecule has 0 aliphatic heterocycles. The van der Waals surface area contributed by atoms with Crippen molar-refractivity contribution in [1.82, 2.24) is 0 Å². The van der Waals surface area contributed by atoms with Gasteiger partial charge in [0.25, 0.3) is 0 Å². The molecule has 0 radical (unpaired) electrons. The molecule has 2 fully saturated rings. The molecule has 3 heteroatoms. The van der Waals surface area contributed by atoms with Crippen molar-refractivity contribution in [3.63, 3.8) is 0 Å². The average Bonchev–Trinajstić information content (AvgIpc) is 3.03. The van der Waals surface area contributed by atoms with Crippen LogP contribution in [-0.2, 0) is 0 Å². The highest BCUT2D eigenvalue weighted by Crippen LogP contribution is 2.65. The molecular weight excluding hydrogens is 420 g/mol. The molecule has 0 heterocycles. The van der Waals surface area contributed by atoms with Crippen LogP contribution in [0.1, 0.15) is 58.3 Å². The molecule has 2 saturated carbocycles. The van der Waals surface area contributed by atoms with Crippen molar-refractivity contribution in [1.29, 1.82) is 0 Å². The van der Waals surface area contributed by atoms with Gasteiger partial charge in [-0.1, -0.05) is 64.1 Å². The monoisotopic (exact) mass is 464 g/mol. The molecule has 0 saturated heterocycles. The van der Waals surface area contributed by atoms with Crippen LogP contribution in [-0.4, -0.2) is 26.9 Å². The molecule has 0 aromatic carbocycles. The highest BCUT2D eigenvalue weighted by atomic mass is 28.3. The smallest absolute Gasteiger partial charge is 0.130 e. The van der Waals surface area contributed by atoms with Crippen molar-refractivity contribution < 1.29 is 5.11 Å². The Labute approximate surface area is 199 Å². The second kappa shape index (κ2) is 8.34. The van der Waals surface area contributed by atoms with Crippen molar-refractivity contribution in [2.45, 2.75) is 103 Å². The molecule has 0 unspecified atom stereocenters. The number of hydrogen-bond donors (Lipinski definition) is 1. The maximum absolute atomic E-state index is 11.9. The first kappa shape index (κ1) is 24.1. The van der Waals surface area contributed by atoms with Crippen LogP contribution in [0.5, 0.6) is 0 Å². The van der Waals surface area contributed by atoms with Crippen molar-refractivity contribution in [2.24, 2.45) is 29.1 Å². The van der Waals surface area contributed by atoms with Gasteiger partial charge >= 0.3 is 0 Å². The molecule has 0 aromatic heterocycles. The van der Waals surface area contributed by atoms with Crippen LogP contribution in [0.25, 0.3) is 0 Å². The van der Waals surface area contributed by atoms with E-state index >= 15 is 0 Å². The van der Waals surface area contributed by atoms with Gasteiger partial charge in [-0.05, 0) is 86.7 Å². The fraction of sp³-hybridized carbons (Fsp3) is 0.724. The summed E-state index contributed by atoms with van der Waals surface area (Å²) in [6.07, 6.45) is 14.1. The van der Waals surface area contributed by atoms with Gasteiger partial charge in [0.2, 0.25) is 0 Å². The Morgan fingerprint density at radius 1 is 0.969 bits per heavy atom. The molecule has 6 atom stereocenters. The van der Waals surface area contributed by atoms with Crippen LogP contribution in [0.3, 0.4) is 0 Å². The lowest BCUT2D eigenvalue weighted by Crippen LogP contribution is -2.53. The van der Waals surface area contributed by atoms with Gasteiger partial charge < -0.3 is 5.11 Å². The summed E-state index contributed by atoms with van der Waals surface area (Å²) >= 11 is 0. The van der Waals surface area contributed by atoms with E-state index < -0.39 is 21.7 Å². The van der Waals surface area contributed by atoms with Gasteiger partial charge in [0.1, 0.15) is 21.7 Å². The highest BCUT2D eigenvalue weighted by Gasteiger charge is 2.63. The van der Waals surface area contributed by atoms with E-state index in [-0.39, 0.29) is 5.41 Å². The van der Waals surface area contributed by atoms with E-state index in [9.17, 15) is 5.11 Å². The lowest BCUT2D eigenvalue weighted by Gasteiger charge is -2.55. The van der Waals surface area contributed by atoms with E-state index in [2.05, 4.69) is 81.3 Å². The van der Waals surface area contributed by atoms with E-state index in [1.165, 1.54) is 24.8 Å². The number of fused-ring (bicyclic) bond motifs is 5. The Morgan fingerprint density at radius 3 is 2.34 bits per heavy atom. The van der Waals surface area contributed by atoms with Gasteiger partial charge in [-0.15, -0.1) is 11.1 Å². The molecular formula is C29H44OSi2. The Balaban J connectivity index is 1.61. The summed E-state index contributed by atoms with van der Waals surface area (Å²) in [7, 11) is -2.83. The average molecular weight is 465 g/mol. The minimum absolute atomic E-state index is 0.00460. The molecule has 1 nitrogen and oxygen atoms in total. The van der Waals surface area contributed by atoms with Crippen molar-refractivity contribution >= 4 is 16.1 Å². The second-order valence-electron chi connectivity index (χ2n) is 13.1. The van der Waals surface area contributed by atoms with Crippen molar-refractivity contribution in [3.8, 4) is 22.9 Å². The van der Waals surface area contributed by atoms with Gasteiger partial charge in [-0.25, -0.2) is 0 Å². The Morgan fingerprint density at radius 2 is 1.69 bits per heavy atom. The molecule has 4 rings (SSSR count). The van der Waals surface area contributed by atoms with Gasteiger partial charge in [-0.3, -0.25) is 0 Å². The van der Waals surface area contributed by atoms with Crippen LogP contribution in [0.15, 0.2) is 23.3 Å². The molecule has 1 N–H and O–H groups in total. The molecule has 4 aliphatic carbocycles. The maximum atomic E-state index is 11.9. The van der Waals surface area contributed by atoms with Crippen molar-refractivity contribution in [3.05, 3.63) is 23.3 Å². The first-order chi connectivity index (χ1) is 14.9. The fourth-order valence-corrected chi connectivity index (χ4v) is 8.48. The van der Waals surface area contributed by atoms with Gasteiger partial charge in [-0.2, -0.15) is 0 Å². The topological polar surface area (TPSA) is 20.2 Å². The molecule has 0 bridgehead atoms. The van der Waals surface area contributed by atoms with Crippen LogP contribution in [0.2, 0.25) is 39.3 Å². The third-order valence-corrected chi connectivity index (χ3v) is 10.6. The summed E-state index contributed by atoms with van der Waals surface area (Å²) in [5, 5.41) is 11.9. The Kier molecular flexibility index (Phi) is 6.29. The van der Waals surface area contributed by atoms with Gasteiger partial charge in [0.05, 0.1) is 0 Å². The largest absolute Gasteiger partial charge is 0.377 e. The minimum Gasteiger partial charge on any atom is -0.377 e. The minimum atomic E-state index is -1.50. The normalized spacial score (nSPS) is 38.6. The lowest BCUT2D eigenvalue weighted by molar-refractivity contribution is -0.0943. The quantitative estimate of drug-likeness (QED) is 0.328. The summed E-state index contributed by atoms with van der Waals surface area (Å²) in [4.78, 5) is 0. The van der Waals surface area contributed by atoms with E-state index in [1.54, 1.807) is 5.57 Å². The first-order valence-corrected chi connectivity index (χ1v) is 20.1. The Bertz CT molecular complexity index is 938. The molecule has 32 heavy (non-hydrogen) atoms.